The van der Waals surface area contributed by atoms with Gasteiger partial charge in [0.25, 0.3) is 5.56 Å². The summed E-state index contributed by atoms with van der Waals surface area (Å²) in [4.78, 5) is 14.3. The fourth-order valence-corrected chi connectivity index (χ4v) is 1.77. The van der Waals surface area contributed by atoms with Crippen LogP contribution in [0.25, 0.3) is 11.1 Å². The average Bonchev–Trinajstić information content (AvgIpc) is 2.26. The zero-order chi connectivity index (χ0) is 11.7. The summed E-state index contributed by atoms with van der Waals surface area (Å²) in [6, 6.07) is 6.96. The summed E-state index contributed by atoms with van der Waals surface area (Å²) in [7, 11) is 0. The quantitative estimate of drug-likeness (QED) is 0.827. The third kappa shape index (κ3) is 2.13. The molecular formula is C12H9Cl2NO. The summed E-state index contributed by atoms with van der Waals surface area (Å²) < 4.78 is 0. The zero-order valence-corrected chi connectivity index (χ0v) is 10.1. The molecule has 2 nitrogen and oxygen atoms in total. The summed E-state index contributed by atoms with van der Waals surface area (Å²) in [5.74, 6) is 0. The number of benzene rings is 1. The number of rotatable bonds is 1. The molecule has 0 unspecified atom stereocenters. The van der Waals surface area contributed by atoms with Crippen molar-refractivity contribution in [1.82, 2.24) is 4.98 Å². The molecule has 1 aromatic heterocycles. The molecule has 0 radical (unpaired) electrons. The van der Waals surface area contributed by atoms with Crippen molar-refractivity contribution in [3.05, 3.63) is 56.4 Å². The summed E-state index contributed by atoms with van der Waals surface area (Å²) in [5.41, 5.74) is 2.21. The Labute approximate surface area is 103 Å². The van der Waals surface area contributed by atoms with Crippen LogP contribution in [-0.2, 0) is 0 Å². The van der Waals surface area contributed by atoms with Crippen molar-refractivity contribution in [3.8, 4) is 11.1 Å². The van der Waals surface area contributed by atoms with Gasteiger partial charge >= 0.3 is 0 Å². The molecule has 1 N–H and O–H groups in total. The van der Waals surface area contributed by atoms with Gasteiger partial charge in [-0.1, -0.05) is 29.3 Å². The molecule has 82 valence electrons. The van der Waals surface area contributed by atoms with Crippen molar-refractivity contribution < 1.29 is 0 Å². The first-order valence-electron chi connectivity index (χ1n) is 4.72. The lowest BCUT2D eigenvalue weighted by atomic mass is 10.1. The van der Waals surface area contributed by atoms with E-state index in [1.165, 1.54) is 0 Å². The topological polar surface area (TPSA) is 32.9 Å². The van der Waals surface area contributed by atoms with Gasteiger partial charge < -0.3 is 4.98 Å². The first-order chi connectivity index (χ1) is 7.58. The molecule has 0 bridgehead atoms. The number of H-pyrrole nitrogens is 1. The molecule has 0 aliphatic rings. The molecule has 0 aliphatic carbocycles. The normalized spacial score (nSPS) is 10.4. The number of pyridine rings is 1. The van der Waals surface area contributed by atoms with Crippen molar-refractivity contribution in [1.29, 1.82) is 0 Å². The molecule has 0 atom stereocenters. The Morgan fingerprint density at radius 2 is 1.88 bits per heavy atom. The van der Waals surface area contributed by atoms with Crippen molar-refractivity contribution in [2.75, 3.05) is 0 Å². The SMILES string of the molecule is Cc1c[nH]c(=O)c(-c2ccc(Cl)c(Cl)c2)c1. The van der Waals surface area contributed by atoms with Gasteiger partial charge in [0.05, 0.1) is 10.0 Å². The molecule has 0 saturated heterocycles. The average molecular weight is 254 g/mol. The Bertz CT molecular complexity index is 590. The van der Waals surface area contributed by atoms with Gasteiger partial charge in [-0.15, -0.1) is 0 Å². The number of aromatic amines is 1. The second-order valence-corrected chi connectivity index (χ2v) is 4.36. The molecule has 4 heteroatoms. The summed E-state index contributed by atoms with van der Waals surface area (Å²) >= 11 is 11.7. The highest BCUT2D eigenvalue weighted by Crippen LogP contribution is 2.27. The third-order valence-corrected chi connectivity index (χ3v) is 3.02. The van der Waals surface area contributed by atoms with Crippen LogP contribution in [0.4, 0.5) is 0 Å². The van der Waals surface area contributed by atoms with E-state index in [0.717, 1.165) is 11.1 Å². The standard InChI is InChI=1S/C12H9Cl2NO/c1-7-4-9(12(16)15-6-7)8-2-3-10(13)11(14)5-8/h2-6H,1H3,(H,15,16). The van der Waals surface area contributed by atoms with E-state index < -0.39 is 0 Å². The molecule has 0 aliphatic heterocycles. The van der Waals surface area contributed by atoms with Crippen molar-refractivity contribution in [3.63, 3.8) is 0 Å². The van der Waals surface area contributed by atoms with E-state index in [2.05, 4.69) is 4.98 Å². The highest BCUT2D eigenvalue weighted by molar-refractivity contribution is 6.42. The van der Waals surface area contributed by atoms with E-state index in [1.807, 2.05) is 13.0 Å². The minimum atomic E-state index is -0.135. The Morgan fingerprint density at radius 3 is 2.56 bits per heavy atom. The lowest BCUT2D eigenvalue weighted by Gasteiger charge is -2.03. The van der Waals surface area contributed by atoms with Gasteiger partial charge in [0.15, 0.2) is 0 Å². The van der Waals surface area contributed by atoms with Crippen LogP contribution >= 0.6 is 23.2 Å². The van der Waals surface area contributed by atoms with E-state index in [0.29, 0.717) is 15.6 Å². The Morgan fingerprint density at radius 1 is 1.12 bits per heavy atom. The molecule has 0 spiro atoms. The van der Waals surface area contributed by atoms with E-state index in [9.17, 15) is 4.79 Å². The van der Waals surface area contributed by atoms with Gasteiger partial charge in [-0.05, 0) is 36.2 Å². The number of halogens is 2. The Kier molecular flexibility index (Phi) is 3.03. The van der Waals surface area contributed by atoms with Crippen LogP contribution in [0.2, 0.25) is 10.0 Å². The van der Waals surface area contributed by atoms with Crippen LogP contribution in [-0.4, -0.2) is 4.98 Å². The van der Waals surface area contributed by atoms with E-state index in [-0.39, 0.29) is 5.56 Å². The summed E-state index contributed by atoms with van der Waals surface area (Å²) in [6.07, 6.45) is 1.67. The maximum absolute atomic E-state index is 11.6. The van der Waals surface area contributed by atoms with E-state index >= 15 is 0 Å². The van der Waals surface area contributed by atoms with Gasteiger partial charge in [-0.25, -0.2) is 0 Å². The van der Waals surface area contributed by atoms with Crippen LogP contribution in [0.3, 0.4) is 0 Å². The van der Waals surface area contributed by atoms with Gasteiger partial charge in [0.2, 0.25) is 0 Å². The molecule has 2 rings (SSSR count). The first kappa shape index (κ1) is 11.2. The number of hydrogen-bond acceptors (Lipinski definition) is 1. The summed E-state index contributed by atoms with van der Waals surface area (Å²) in [5, 5.41) is 0.926. The molecule has 2 aromatic rings. The Balaban J connectivity index is 2.63. The Hall–Kier alpha value is -1.25. The maximum Gasteiger partial charge on any atom is 0.255 e. The smallest absolute Gasteiger partial charge is 0.255 e. The molecule has 16 heavy (non-hydrogen) atoms. The van der Waals surface area contributed by atoms with Gasteiger partial charge in [-0.2, -0.15) is 0 Å². The van der Waals surface area contributed by atoms with Crippen LogP contribution in [0.15, 0.2) is 35.3 Å². The van der Waals surface area contributed by atoms with Crippen molar-refractivity contribution >= 4 is 23.2 Å². The van der Waals surface area contributed by atoms with Crippen LogP contribution in [0.1, 0.15) is 5.56 Å². The monoisotopic (exact) mass is 253 g/mol. The zero-order valence-electron chi connectivity index (χ0n) is 8.55. The highest BCUT2D eigenvalue weighted by atomic mass is 35.5. The molecule has 0 fully saturated rings. The molecule has 0 saturated carbocycles. The van der Waals surface area contributed by atoms with Gasteiger partial charge in [0.1, 0.15) is 0 Å². The highest BCUT2D eigenvalue weighted by Gasteiger charge is 2.05. The predicted octanol–water partition coefficient (Wildman–Crippen LogP) is 3.66. The molecular weight excluding hydrogens is 245 g/mol. The number of aromatic nitrogens is 1. The van der Waals surface area contributed by atoms with Crippen LogP contribution in [0.5, 0.6) is 0 Å². The van der Waals surface area contributed by atoms with Crippen LogP contribution < -0.4 is 5.56 Å². The molecule has 1 aromatic carbocycles. The predicted molar refractivity (Wildman–Crippen MR) is 67.3 cm³/mol. The maximum atomic E-state index is 11.6. The van der Waals surface area contributed by atoms with Crippen molar-refractivity contribution in [2.45, 2.75) is 6.92 Å². The fraction of sp³-hybridized carbons (Fsp3) is 0.0833. The van der Waals surface area contributed by atoms with Crippen molar-refractivity contribution in [2.24, 2.45) is 0 Å². The molecule has 0 amide bonds. The second-order valence-electron chi connectivity index (χ2n) is 3.55. The minimum absolute atomic E-state index is 0.135. The fourth-order valence-electron chi connectivity index (χ4n) is 1.47. The number of hydrogen-bond donors (Lipinski definition) is 1. The van der Waals surface area contributed by atoms with E-state index in [4.69, 9.17) is 23.2 Å². The van der Waals surface area contributed by atoms with Gasteiger partial charge in [-0.3, -0.25) is 4.79 Å². The minimum Gasteiger partial charge on any atom is -0.328 e. The first-order valence-corrected chi connectivity index (χ1v) is 5.48. The number of nitrogens with one attached hydrogen (secondary N) is 1. The number of aryl methyl sites for hydroxylation is 1. The van der Waals surface area contributed by atoms with Gasteiger partial charge in [0, 0.05) is 11.8 Å². The summed E-state index contributed by atoms with van der Waals surface area (Å²) in [6.45, 7) is 1.91. The third-order valence-electron chi connectivity index (χ3n) is 2.28. The van der Waals surface area contributed by atoms with E-state index in [1.54, 1.807) is 24.4 Å². The molecule has 1 heterocycles. The second kappa shape index (κ2) is 4.32. The van der Waals surface area contributed by atoms with Crippen LogP contribution in [0, 0.1) is 6.92 Å². The largest absolute Gasteiger partial charge is 0.328 e. The lowest BCUT2D eigenvalue weighted by Crippen LogP contribution is -2.08. The lowest BCUT2D eigenvalue weighted by molar-refractivity contribution is 1.20.